The van der Waals surface area contributed by atoms with E-state index in [1.165, 1.54) is 5.56 Å². The lowest BCUT2D eigenvalue weighted by Crippen LogP contribution is -2.42. The SMILES string of the molecule is CCCCC(NC(=O)C1CCc2ccccc21)C(=O)O. The number of amides is 1. The Labute approximate surface area is 119 Å². The number of carboxylic acid groups (broad SMARTS) is 1. The lowest BCUT2D eigenvalue weighted by atomic mass is 9.99. The number of carboxylic acids is 1. The van der Waals surface area contributed by atoms with Crippen molar-refractivity contribution in [2.24, 2.45) is 0 Å². The average Bonchev–Trinajstić information content (AvgIpc) is 2.87. The molecule has 1 aliphatic carbocycles. The van der Waals surface area contributed by atoms with Crippen molar-refractivity contribution in [1.29, 1.82) is 0 Å². The van der Waals surface area contributed by atoms with Crippen LogP contribution in [-0.2, 0) is 16.0 Å². The van der Waals surface area contributed by atoms with Gasteiger partial charge in [-0.05, 0) is 30.4 Å². The Kier molecular flexibility index (Phi) is 4.77. The minimum absolute atomic E-state index is 0.154. The molecule has 0 saturated carbocycles. The predicted molar refractivity (Wildman–Crippen MR) is 76.6 cm³/mol. The molecule has 4 nitrogen and oxygen atoms in total. The molecule has 0 radical (unpaired) electrons. The van der Waals surface area contributed by atoms with Crippen molar-refractivity contribution in [2.45, 2.75) is 51.0 Å². The number of hydrogen-bond donors (Lipinski definition) is 2. The van der Waals surface area contributed by atoms with Crippen LogP contribution in [0.25, 0.3) is 0 Å². The highest BCUT2D eigenvalue weighted by molar-refractivity contribution is 5.88. The van der Waals surface area contributed by atoms with Gasteiger partial charge in [-0.25, -0.2) is 4.79 Å². The zero-order valence-electron chi connectivity index (χ0n) is 11.8. The second-order valence-electron chi connectivity index (χ2n) is 5.33. The Morgan fingerprint density at radius 2 is 2.15 bits per heavy atom. The first kappa shape index (κ1) is 14.6. The molecule has 2 N–H and O–H groups in total. The zero-order valence-corrected chi connectivity index (χ0v) is 11.8. The Balaban J connectivity index is 2.03. The van der Waals surface area contributed by atoms with Crippen LogP contribution < -0.4 is 5.32 Å². The molecule has 1 amide bonds. The van der Waals surface area contributed by atoms with Gasteiger partial charge < -0.3 is 10.4 Å². The Bertz CT molecular complexity index is 498. The summed E-state index contributed by atoms with van der Waals surface area (Å²) >= 11 is 0. The maximum Gasteiger partial charge on any atom is 0.326 e. The standard InChI is InChI=1S/C16H21NO3/c1-2-3-8-14(16(19)20)17-15(18)13-10-9-11-6-4-5-7-12(11)13/h4-7,13-14H,2-3,8-10H2,1H3,(H,17,18)(H,19,20). The third-order valence-electron chi connectivity index (χ3n) is 3.91. The smallest absolute Gasteiger partial charge is 0.326 e. The van der Waals surface area contributed by atoms with Crippen LogP contribution in [0, 0.1) is 0 Å². The maximum atomic E-state index is 12.3. The Morgan fingerprint density at radius 1 is 1.40 bits per heavy atom. The Morgan fingerprint density at radius 3 is 2.85 bits per heavy atom. The van der Waals surface area contributed by atoms with Gasteiger partial charge in [0.05, 0.1) is 5.92 Å². The van der Waals surface area contributed by atoms with E-state index in [0.717, 1.165) is 31.2 Å². The van der Waals surface area contributed by atoms with Crippen molar-refractivity contribution in [1.82, 2.24) is 5.32 Å². The number of fused-ring (bicyclic) bond motifs is 1. The maximum absolute atomic E-state index is 12.3. The van der Waals surface area contributed by atoms with Gasteiger partial charge in [-0.2, -0.15) is 0 Å². The van der Waals surface area contributed by atoms with Gasteiger partial charge in [0.25, 0.3) is 0 Å². The number of benzene rings is 1. The summed E-state index contributed by atoms with van der Waals surface area (Å²) in [5.41, 5.74) is 2.25. The molecule has 1 aromatic rings. The summed E-state index contributed by atoms with van der Waals surface area (Å²) in [6.07, 6.45) is 3.88. The van der Waals surface area contributed by atoms with Gasteiger partial charge in [-0.1, -0.05) is 44.0 Å². The lowest BCUT2D eigenvalue weighted by molar-refractivity contribution is -0.142. The second-order valence-corrected chi connectivity index (χ2v) is 5.33. The van der Waals surface area contributed by atoms with Crippen LogP contribution in [0.5, 0.6) is 0 Å². The van der Waals surface area contributed by atoms with E-state index >= 15 is 0 Å². The van der Waals surface area contributed by atoms with Crippen LogP contribution >= 0.6 is 0 Å². The molecule has 0 aromatic heterocycles. The van der Waals surface area contributed by atoms with Gasteiger partial charge in [-0.3, -0.25) is 4.79 Å². The van der Waals surface area contributed by atoms with E-state index in [4.69, 9.17) is 0 Å². The van der Waals surface area contributed by atoms with Crippen molar-refractivity contribution < 1.29 is 14.7 Å². The highest BCUT2D eigenvalue weighted by atomic mass is 16.4. The molecule has 2 atom stereocenters. The number of nitrogens with one attached hydrogen (secondary N) is 1. The fourth-order valence-corrected chi connectivity index (χ4v) is 2.77. The van der Waals surface area contributed by atoms with E-state index in [0.29, 0.717) is 6.42 Å². The number of aliphatic carboxylic acids is 1. The number of rotatable bonds is 6. The first-order chi connectivity index (χ1) is 9.63. The Hall–Kier alpha value is -1.84. The van der Waals surface area contributed by atoms with E-state index in [1.54, 1.807) is 0 Å². The summed E-state index contributed by atoms with van der Waals surface area (Å²) in [6.45, 7) is 2.01. The topological polar surface area (TPSA) is 66.4 Å². The third kappa shape index (κ3) is 3.18. The van der Waals surface area contributed by atoms with Crippen LogP contribution in [0.2, 0.25) is 0 Å². The van der Waals surface area contributed by atoms with E-state index in [1.807, 2.05) is 31.2 Å². The van der Waals surface area contributed by atoms with Gasteiger partial charge in [0, 0.05) is 0 Å². The van der Waals surface area contributed by atoms with E-state index in [-0.39, 0.29) is 11.8 Å². The molecule has 0 fully saturated rings. The molecule has 20 heavy (non-hydrogen) atoms. The summed E-state index contributed by atoms with van der Waals surface area (Å²) < 4.78 is 0. The fourth-order valence-electron chi connectivity index (χ4n) is 2.77. The van der Waals surface area contributed by atoms with Crippen molar-refractivity contribution >= 4 is 11.9 Å². The number of hydrogen-bond acceptors (Lipinski definition) is 2. The molecule has 2 unspecified atom stereocenters. The summed E-state index contributed by atoms with van der Waals surface area (Å²) in [5.74, 6) is -1.30. The molecule has 1 aliphatic rings. The van der Waals surface area contributed by atoms with Gasteiger partial charge in [-0.15, -0.1) is 0 Å². The molecule has 108 valence electrons. The molecule has 2 rings (SSSR count). The highest BCUT2D eigenvalue weighted by Crippen LogP contribution is 2.32. The first-order valence-corrected chi connectivity index (χ1v) is 7.24. The van der Waals surface area contributed by atoms with E-state index < -0.39 is 12.0 Å². The van der Waals surface area contributed by atoms with E-state index in [2.05, 4.69) is 5.32 Å². The minimum Gasteiger partial charge on any atom is -0.480 e. The lowest BCUT2D eigenvalue weighted by Gasteiger charge is -2.17. The normalized spacial score (nSPS) is 18.4. The fraction of sp³-hybridized carbons (Fsp3) is 0.500. The molecule has 1 aromatic carbocycles. The third-order valence-corrected chi connectivity index (χ3v) is 3.91. The quantitative estimate of drug-likeness (QED) is 0.838. The van der Waals surface area contributed by atoms with Crippen molar-refractivity contribution in [3.05, 3.63) is 35.4 Å². The summed E-state index contributed by atoms with van der Waals surface area (Å²) in [5, 5.41) is 11.9. The van der Waals surface area contributed by atoms with Crippen LogP contribution in [-0.4, -0.2) is 23.0 Å². The number of carbonyl (C=O) groups excluding carboxylic acids is 1. The predicted octanol–water partition coefficient (Wildman–Crippen LogP) is 2.48. The van der Waals surface area contributed by atoms with Crippen LogP contribution in [0.1, 0.15) is 49.7 Å². The van der Waals surface area contributed by atoms with Crippen molar-refractivity contribution in [3.8, 4) is 0 Å². The molecule has 4 heteroatoms. The van der Waals surface area contributed by atoms with Gasteiger partial charge in [0.1, 0.15) is 6.04 Å². The summed E-state index contributed by atoms with van der Waals surface area (Å²) in [4.78, 5) is 23.5. The number of aryl methyl sites for hydroxylation is 1. The second kappa shape index (κ2) is 6.55. The van der Waals surface area contributed by atoms with Gasteiger partial charge in [0.2, 0.25) is 5.91 Å². The molecule has 0 aliphatic heterocycles. The molecular formula is C16H21NO3. The minimum atomic E-state index is -0.946. The van der Waals surface area contributed by atoms with E-state index in [9.17, 15) is 14.7 Å². The van der Waals surface area contributed by atoms with Crippen molar-refractivity contribution in [3.63, 3.8) is 0 Å². The van der Waals surface area contributed by atoms with Crippen molar-refractivity contribution in [2.75, 3.05) is 0 Å². The zero-order chi connectivity index (χ0) is 14.5. The largest absolute Gasteiger partial charge is 0.480 e. The molecule has 0 heterocycles. The first-order valence-electron chi connectivity index (χ1n) is 7.24. The monoisotopic (exact) mass is 275 g/mol. The van der Waals surface area contributed by atoms with Crippen LogP contribution in [0.4, 0.5) is 0 Å². The highest BCUT2D eigenvalue weighted by Gasteiger charge is 2.30. The number of carbonyl (C=O) groups is 2. The molecule has 0 saturated heterocycles. The molecular weight excluding hydrogens is 254 g/mol. The molecule has 0 spiro atoms. The van der Waals surface area contributed by atoms with Gasteiger partial charge in [0.15, 0.2) is 0 Å². The average molecular weight is 275 g/mol. The summed E-state index contributed by atoms with van der Waals surface area (Å²) in [7, 11) is 0. The molecule has 0 bridgehead atoms. The number of unbranched alkanes of at least 4 members (excludes halogenated alkanes) is 1. The van der Waals surface area contributed by atoms with Gasteiger partial charge >= 0.3 is 5.97 Å². The van der Waals surface area contributed by atoms with Crippen LogP contribution in [0.15, 0.2) is 24.3 Å². The summed E-state index contributed by atoms with van der Waals surface area (Å²) in [6, 6.07) is 7.13. The van der Waals surface area contributed by atoms with Crippen LogP contribution in [0.3, 0.4) is 0 Å².